The van der Waals surface area contributed by atoms with Crippen molar-refractivity contribution in [3.05, 3.63) is 12.7 Å². The lowest BCUT2D eigenvalue weighted by Crippen LogP contribution is -2.81. The van der Waals surface area contributed by atoms with Gasteiger partial charge in [-0.15, -0.1) is 0 Å². The third-order valence-electron chi connectivity index (χ3n) is 5.37. The van der Waals surface area contributed by atoms with Gasteiger partial charge >= 0.3 is 0 Å². The Balaban J connectivity index is 2.14. The lowest BCUT2D eigenvalue weighted by atomic mass is 9.96. The van der Waals surface area contributed by atoms with E-state index in [9.17, 15) is 10.2 Å². The molecule has 0 bridgehead atoms. The van der Waals surface area contributed by atoms with Crippen LogP contribution in [0.2, 0.25) is 0 Å². The van der Waals surface area contributed by atoms with Crippen LogP contribution in [0.5, 0.6) is 0 Å². The molecule has 0 radical (unpaired) electrons. The number of ether oxygens (including phenoxy) is 1. The van der Waals surface area contributed by atoms with Crippen LogP contribution in [0.3, 0.4) is 0 Å². The standard InChI is InChI=1S/C18H33N9O4/c1-6-23-18(24-7-2,31-25-8-3)17(26(4)5)13(29)12(28)16(30-17)27-10-22-11-14(19)20-9-21-15(11)27/h9-10,12-13,16,23-25,28-29H,6-8H2,1-5H3,(H2,19,20,21)/t12-,13+,16-,17+/m1/s1. The molecule has 1 fully saturated rings. The first-order chi connectivity index (χ1) is 14.8. The van der Waals surface area contributed by atoms with E-state index in [4.69, 9.17) is 15.3 Å². The number of aromatic nitrogens is 4. The van der Waals surface area contributed by atoms with Gasteiger partial charge in [0.2, 0.25) is 11.6 Å². The molecular weight excluding hydrogens is 406 g/mol. The van der Waals surface area contributed by atoms with Crippen LogP contribution in [0.15, 0.2) is 12.7 Å². The molecule has 3 rings (SSSR count). The van der Waals surface area contributed by atoms with Gasteiger partial charge in [0.1, 0.15) is 24.1 Å². The number of hydroxylamine groups is 1. The number of nitrogens with zero attached hydrogens (tertiary/aromatic N) is 5. The monoisotopic (exact) mass is 439 g/mol. The molecular formula is C18H33N9O4. The fourth-order valence-electron chi connectivity index (χ4n) is 4.10. The predicted octanol–water partition coefficient (Wildman–Crippen LogP) is -1.67. The van der Waals surface area contributed by atoms with Crippen molar-refractivity contribution >= 4 is 17.0 Å². The Labute approximate surface area is 180 Å². The average Bonchev–Trinajstić information content (AvgIpc) is 3.28. The summed E-state index contributed by atoms with van der Waals surface area (Å²) in [4.78, 5) is 20.1. The Morgan fingerprint density at radius 3 is 2.45 bits per heavy atom. The van der Waals surface area contributed by atoms with Crippen LogP contribution >= 0.6 is 0 Å². The zero-order valence-electron chi connectivity index (χ0n) is 18.5. The maximum Gasteiger partial charge on any atom is 0.240 e. The SMILES string of the molecule is CCNOC(NCC)(NCC)[C@@]1(N(C)C)O[C@@H](n2cnc3c(N)ncnc32)[C@H](O)[C@@H]1O. The molecule has 0 aromatic carbocycles. The van der Waals surface area contributed by atoms with Gasteiger partial charge in [0.15, 0.2) is 17.7 Å². The number of nitrogen functional groups attached to an aromatic ring is 1. The van der Waals surface area contributed by atoms with Crippen molar-refractivity contribution in [2.45, 2.75) is 50.8 Å². The largest absolute Gasteiger partial charge is 0.385 e. The van der Waals surface area contributed by atoms with Gasteiger partial charge in [0, 0.05) is 6.54 Å². The summed E-state index contributed by atoms with van der Waals surface area (Å²) in [5.41, 5.74) is 7.96. The molecule has 31 heavy (non-hydrogen) atoms. The summed E-state index contributed by atoms with van der Waals surface area (Å²) in [6, 6.07) is 0. The van der Waals surface area contributed by atoms with Crippen molar-refractivity contribution in [2.24, 2.45) is 0 Å². The van der Waals surface area contributed by atoms with Crippen LogP contribution < -0.4 is 21.8 Å². The maximum atomic E-state index is 11.4. The second-order valence-corrected chi connectivity index (χ2v) is 7.46. The molecule has 4 atom stereocenters. The normalized spacial score (nSPS) is 26.9. The number of anilines is 1. The fraction of sp³-hybridized carbons (Fsp3) is 0.722. The number of aliphatic hydroxyl groups excluding tert-OH is 2. The molecule has 2 aromatic rings. The molecule has 0 amide bonds. The second kappa shape index (κ2) is 9.26. The molecule has 13 nitrogen and oxygen atoms in total. The van der Waals surface area contributed by atoms with Crippen molar-refractivity contribution in [1.29, 1.82) is 0 Å². The van der Waals surface area contributed by atoms with Gasteiger partial charge in [0.25, 0.3) is 0 Å². The van der Waals surface area contributed by atoms with Gasteiger partial charge in [-0.25, -0.2) is 15.0 Å². The van der Waals surface area contributed by atoms with Crippen molar-refractivity contribution in [3.63, 3.8) is 0 Å². The molecule has 3 heterocycles. The summed E-state index contributed by atoms with van der Waals surface area (Å²) < 4.78 is 7.98. The maximum absolute atomic E-state index is 11.4. The molecule has 1 aliphatic rings. The molecule has 1 saturated heterocycles. The van der Waals surface area contributed by atoms with Crippen molar-refractivity contribution in [3.8, 4) is 0 Å². The Bertz CT molecular complexity index is 873. The van der Waals surface area contributed by atoms with Crippen LogP contribution in [0.1, 0.15) is 27.0 Å². The van der Waals surface area contributed by atoms with Gasteiger partial charge < -0.3 is 20.7 Å². The average molecular weight is 440 g/mol. The highest BCUT2D eigenvalue weighted by atomic mass is 16.7. The van der Waals surface area contributed by atoms with E-state index in [1.54, 1.807) is 19.0 Å². The number of hydrogen-bond donors (Lipinski definition) is 6. The molecule has 13 heteroatoms. The third-order valence-corrected chi connectivity index (χ3v) is 5.37. The van der Waals surface area contributed by atoms with Crippen LogP contribution in [0.25, 0.3) is 11.2 Å². The highest BCUT2D eigenvalue weighted by Gasteiger charge is 2.68. The highest BCUT2D eigenvalue weighted by Crippen LogP contribution is 2.45. The minimum Gasteiger partial charge on any atom is -0.385 e. The van der Waals surface area contributed by atoms with E-state index in [2.05, 4.69) is 31.1 Å². The van der Waals surface area contributed by atoms with E-state index in [0.29, 0.717) is 30.8 Å². The number of hydrogen-bond acceptors (Lipinski definition) is 12. The number of imidazole rings is 1. The second-order valence-electron chi connectivity index (χ2n) is 7.46. The number of likely N-dealkylation sites (N-methyl/N-ethyl adjacent to an activating group) is 3. The molecule has 0 aliphatic carbocycles. The number of aliphatic hydroxyl groups is 2. The minimum atomic E-state index is -1.56. The van der Waals surface area contributed by atoms with E-state index >= 15 is 0 Å². The lowest BCUT2D eigenvalue weighted by molar-refractivity contribution is -0.326. The van der Waals surface area contributed by atoms with Gasteiger partial charge in [-0.1, -0.05) is 20.8 Å². The fourth-order valence-corrected chi connectivity index (χ4v) is 4.10. The number of fused-ring (bicyclic) bond motifs is 1. The van der Waals surface area contributed by atoms with Crippen molar-refractivity contribution in [1.82, 2.24) is 40.5 Å². The Kier molecular flexibility index (Phi) is 7.08. The first kappa shape index (κ1) is 23.7. The topological polar surface area (TPSA) is 168 Å². The van der Waals surface area contributed by atoms with Gasteiger partial charge in [-0.2, -0.15) is 5.48 Å². The van der Waals surface area contributed by atoms with E-state index in [0.717, 1.165) is 0 Å². The van der Waals surface area contributed by atoms with Crippen LogP contribution in [0, 0.1) is 0 Å². The van der Waals surface area contributed by atoms with E-state index < -0.39 is 30.0 Å². The van der Waals surface area contributed by atoms with Gasteiger partial charge in [-0.05, 0) is 27.2 Å². The minimum absolute atomic E-state index is 0.209. The van der Waals surface area contributed by atoms with E-state index in [1.165, 1.54) is 17.2 Å². The lowest BCUT2D eigenvalue weighted by Gasteiger charge is -2.51. The Morgan fingerprint density at radius 1 is 1.19 bits per heavy atom. The smallest absolute Gasteiger partial charge is 0.240 e. The van der Waals surface area contributed by atoms with Gasteiger partial charge in [0.05, 0.1) is 6.33 Å². The summed E-state index contributed by atoms with van der Waals surface area (Å²) >= 11 is 0. The quantitative estimate of drug-likeness (QED) is 0.184. The molecule has 0 spiro atoms. The predicted molar refractivity (Wildman–Crippen MR) is 113 cm³/mol. The molecule has 0 unspecified atom stereocenters. The number of nitrogens with two attached hydrogens (primary N) is 1. The van der Waals surface area contributed by atoms with Crippen LogP contribution in [-0.4, -0.2) is 92.1 Å². The van der Waals surface area contributed by atoms with Crippen molar-refractivity contribution in [2.75, 3.05) is 39.5 Å². The van der Waals surface area contributed by atoms with E-state index in [1.807, 2.05) is 20.8 Å². The molecule has 7 N–H and O–H groups in total. The summed E-state index contributed by atoms with van der Waals surface area (Å²) in [5, 5.41) is 29.0. The third kappa shape index (κ3) is 3.66. The highest BCUT2D eigenvalue weighted by molar-refractivity contribution is 5.81. The summed E-state index contributed by atoms with van der Waals surface area (Å²) in [5.74, 6) is -1.21. The van der Waals surface area contributed by atoms with Crippen LogP contribution in [-0.2, 0) is 9.57 Å². The molecule has 2 aromatic heterocycles. The first-order valence-corrected chi connectivity index (χ1v) is 10.3. The molecule has 0 saturated carbocycles. The summed E-state index contributed by atoms with van der Waals surface area (Å²) in [7, 11) is 3.48. The first-order valence-electron chi connectivity index (χ1n) is 10.3. The number of rotatable bonds is 10. The summed E-state index contributed by atoms with van der Waals surface area (Å²) in [6.45, 7) is 7.18. The molecule has 174 valence electrons. The Hall–Kier alpha value is -1.97. The summed E-state index contributed by atoms with van der Waals surface area (Å²) in [6.07, 6.45) is -0.990. The van der Waals surface area contributed by atoms with Gasteiger partial charge in [-0.3, -0.25) is 24.9 Å². The number of nitrogens with one attached hydrogen (secondary N) is 3. The zero-order chi connectivity index (χ0) is 22.8. The zero-order valence-corrected chi connectivity index (χ0v) is 18.5. The van der Waals surface area contributed by atoms with E-state index in [-0.39, 0.29) is 5.82 Å². The Morgan fingerprint density at radius 2 is 1.87 bits per heavy atom. The van der Waals surface area contributed by atoms with Crippen LogP contribution in [0.4, 0.5) is 5.82 Å². The van der Waals surface area contributed by atoms with Crippen molar-refractivity contribution < 1.29 is 19.8 Å². The molecule has 1 aliphatic heterocycles.